The summed E-state index contributed by atoms with van der Waals surface area (Å²) >= 11 is 1.69. The highest BCUT2D eigenvalue weighted by molar-refractivity contribution is 7.99. The molecule has 0 aromatic heterocycles. The van der Waals surface area contributed by atoms with Gasteiger partial charge in [-0.05, 0) is 30.5 Å². The number of hydrogen-bond acceptors (Lipinski definition) is 9. The Hall–Kier alpha value is -3.58. The molecule has 1 aromatic rings. The molecule has 3 rings (SSSR count). The Morgan fingerprint density at radius 3 is 1.95 bits per heavy atom. The van der Waals surface area contributed by atoms with Crippen molar-refractivity contribution in [2.75, 3.05) is 31.3 Å². The van der Waals surface area contributed by atoms with Gasteiger partial charge >= 0.3 is 24.3 Å². The predicted octanol–water partition coefficient (Wildman–Crippen LogP) is 2.84. The number of alkyl halides is 6. The molecule has 2 aliphatic rings. The van der Waals surface area contributed by atoms with Gasteiger partial charge in [0.15, 0.2) is 0 Å². The SMILES string of the molecule is N#Cc1ccc(CN2CCC(N(N)CC(=N)N3CSCC3C#N)CC2)cc1.O=C(O)C(F)(F)F.O=C(O)C(F)(F)F. The molecule has 1 unspecified atom stereocenters. The Labute approximate surface area is 235 Å². The summed E-state index contributed by atoms with van der Waals surface area (Å²) in [6.07, 6.45) is -8.23. The number of nitriles is 2. The summed E-state index contributed by atoms with van der Waals surface area (Å²) in [5.74, 6) is 2.65. The highest BCUT2D eigenvalue weighted by Crippen LogP contribution is 2.22. The number of piperidine rings is 1. The minimum Gasteiger partial charge on any atom is -0.475 e. The normalized spacial score (nSPS) is 17.8. The lowest BCUT2D eigenvalue weighted by atomic mass is 10.0. The minimum atomic E-state index is -5.08. The van der Waals surface area contributed by atoms with Crippen molar-refractivity contribution >= 4 is 29.5 Å². The summed E-state index contributed by atoms with van der Waals surface area (Å²) < 4.78 is 63.5. The van der Waals surface area contributed by atoms with Gasteiger partial charge in [0, 0.05) is 31.4 Å². The Balaban J connectivity index is 0.000000497. The number of likely N-dealkylation sites (tertiary alicyclic amines) is 1. The lowest BCUT2D eigenvalue weighted by molar-refractivity contribution is -0.193. The van der Waals surface area contributed by atoms with E-state index in [9.17, 15) is 31.6 Å². The lowest BCUT2D eigenvalue weighted by Crippen LogP contribution is -2.52. The fraction of sp³-hybridized carbons (Fsp3) is 0.522. The quantitative estimate of drug-likeness (QED) is 0.126. The van der Waals surface area contributed by atoms with Crippen LogP contribution in [0.3, 0.4) is 0 Å². The van der Waals surface area contributed by atoms with Gasteiger partial charge in [-0.3, -0.25) is 16.2 Å². The summed E-state index contributed by atoms with van der Waals surface area (Å²) in [4.78, 5) is 22.0. The number of hydrogen-bond donors (Lipinski definition) is 4. The van der Waals surface area contributed by atoms with E-state index < -0.39 is 24.3 Å². The molecule has 0 radical (unpaired) electrons. The third kappa shape index (κ3) is 12.6. The summed E-state index contributed by atoms with van der Waals surface area (Å²) in [5, 5.41) is 42.4. The number of nitrogens with two attached hydrogens (primary N) is 1. The van der Waals surface area contributed by atoms with Crippen molar-refractivity contribution in [1.29, 1.82) is 15.9 Å². The number of carboxylic acids is 2. The van der Waals surface area contributed by atoms with Crippen molar-refractivity contribution in [2.45, 2.75) is 43.8 Å². The molecule has 0 bridgehead atoms. The number of amidine groups is 1. The first kappa shape index (κ1) is 35.4. The number of carboxylic acid groups (broad SMARTS) is 2. The van der Waals surface area contributed by atoms with E-state index in [0.29, 0.717) is 23.8 Å². The van der Waals surface area contributed by atoms with E-state index in [1.54, 1.807) is 16.8 Å². The Morgan fingerprint density at radius 1 is 1.05 bits per heavy atom. The molecule has 0 saturated carbocycles. The van der Waals surface area contributed by atoms with Gasteiger partial charge in [0.25, 0.3) is 0 Å². The zero-order valence-corrected chi connectivity index (χ0v) is 22.1. The highest BCUT2D eigenvalue weighted by Gasteiger charge is 2.39. The Kier molecular flexibility index (Phi) is 13.8. The molecule has 2 saturated heterocycles. The second-order valence-electron chi connectivity index (χ2n) is 8.66. The topological polar surface area (TPSA) is 182 Å². The van der Waals surface area contributed by atoms with Crippen LogP contribution in [0.25, 0.3) is 0 Å². The van der Waals surface area contributed by atoms with Crippen molar-refractivity contribution < 1.29 is 46.1 Å². The molecule has 1 atom stereocenters. The summed E-state index contributed by atoms with van der Waals surface area (Å²) in [6.45, 7) is 3.20. The average Bonchev–Trinajstić information content (AvgIpc) is 3.38. The number of carbonyl (C=O) groups is 2. The van der Waals surface area contributed by atoms with Gasteiger partial charge in [0.05, 0.1) is 30.1 Å². The van der Waals surface area contributed by atoms with E-state index in [0.717, 1.165) is 38.2 Å². The van der Waals surface area contributed by atoms with E-state index >= 15 is 0 Å². The molecule has 41 heavy (non-hydrogen) atoms. The molecule has 0 spiro atoms. The molecule has 5 N–H and O–H groups in total. The van der Waals surface area contributed by atoms with Crippen molar-refractivity contribution in [2.24, 2.45) is 5.84 Å². The minimum absolute atomic E-state index is 0.204. The van der Waals surface area contributed by atoms with Crippen LogP contribution in [0.1, 0.15) is 24.0 Å². The van der Waals surface area contributed by atoms with E-state index in [4.69, 9.17) is 36.3 Å². The van der Waals surface area contributed by atoms with Crippen LogP contribution in [0.5, 0.6) is 0 Å². The first-order valence-corrected chi connectivity index (χ1v) is 12.8. The fourth-order valence-corrected chi connectivity index (χ4v) is 4.68. The van der Waals surface area contributed by atoms with Crippen LogP contribution in [0, 0.1) is 28.1 Å². The predicted molar refractivity (Wildman–Crippen MR) is 134 cm³/mol. The molecule has 11 nitrogen and oxygen atoms in total. The largest absolute Gasteiger partial charge is 0.490 e. The van der Waals surface area contributed by atoms with Crippen LogP contribution < -0.4 is 5.84 Å². The van der Waals surface area contributed by atoms with E-state index in [1.165, 1.54) is 5.56 Å². The monoisotopic (exact) mass is 611 g/mol. The van der Waals surface area contributed by atoms with Crippen molar-refractivity contribution in [1.82, 2.24) is 14.8 Å². The van der Waals surface area contributed by atoms with Crippen molar-refractivity contribution in [3.05, 3.63) is 35.4 Å². The van der Waals surface area contributed by atoms with Crippen molar-refractivity contribution in [3.8, 4) is 12.1 Å². The van der Waals surface area contributed by atoms with Gasteiger partial charge in [0.1, 0.15) is 11.9 Å². The molecule has 0 amide bonds. The lowest BCUT2D eigenvalue weighted by Gasteiger charge is -2.37. The summed E-state index contributed by atoms with van der Waals surface area (Å²) in [5.41, 5.74) is 1.90. The molecule has 2 heterocycles. The first-order chi connectivity index (χ1) is 19.0. The van der Waals surface area contributed by atoms with Crippen LogP contribution in [0.4, 0.5) is 26.3 Å². The number of aliphatic carboxylic acids is 2. The fourth-order valence-electron chi connectivity index (χ4n) is 3.56. The van der Waals surface area contributed by atoms with Crippen LogP contribution in [0.15, 0.2) is 24.3 Å². The van der Waals surface area contributed by atoms with Gasteiger partial charge in [-0.1, -0.05) is 12.1 Å². The summed E-state index contributed by atoms with van der Waals surface area (Å²) in [6, 6.07) is 12.2. The Bertz CT molecular complexity index is 1090. The van der Waals surface area contributed by atoms with Crippen LogP contribution >= 0.6 is 11.8 Å². The van der Waals surface area contributed by atoms with Gasteiger partial charge < -0.3 is 15.1 Å². The standard InChI is InChI=1S/C19H25N7S.2C2HF3O2/c20-9-15-1-3-16(4-2-15)11-24-7-5-17(6-8-24)26(23)12-19(22)25-14-27-13-18(25)10-21;2*3-2(4,5)1(6)7/h1-4,17-18,22H,5-8,11-14,23H2;2*(H,6,7). The number of hydrazine groups is 1. The van der Waals surface area contributed by atoms with Crippen LogP contribution in [0.2, 0.25) is 0 Å². The second kappa shape index (κ2) is 16.0. The second-order valence-corrected chi connectivity index (χ2v) is 9.66. The van der Waals surface area contributed by atoms with E-state index in [1.807, 2.05) is 29.2 Å². The average molecular weight is 612 g/mol. The van der Waals surface area contributed by atoms with E-state index in [2.05, 4.69) is 17.0 Å². The van der Waals surface area contributed by atoms with Gasteiger partial charge in [-0.25, -0.2) is 14.6 Å². The molecular weight excluding hydrogens is 584 g/mol. The number of nitrogens with one attached hydrogen (secondary N) is 1. The molecular formula is C23H27F6N7O4S. The zero-order chi connectivity index (χ0) is 31.4. The van der Waals surface area contributed by atoms with Crippen molar-refractivity contribution in [3.63, 3.8) is 0 Å². The number of thioether (sulfide) groups is 1. The first-order valence-electron chi connectivity index (χ1n) is 11.6. The zero-order valence-electron chi connectivity index (χ0n) is 21.3. The molecule has 2 fully saturated rings. The molecule has 2 aliphatic heterocycles. The maximum absolute atomic E-state index is 10.6. The van der Waals surface area contributed by atoms with Crippen LogP contribution in [-0.2, 0) is 16.1 Å². The number of benzene rings is 1. The third-order valence-electron chi connectivity index (χ3n) is 5.71. The van der Waals surface area contributed by atoms with Gasteiger partial charge in [0.2, 0.25) is 0 Å². The maximum atomic E-state index is 10.6. The third-order valence-corrected chi connectivity index (χ3v) is 6.72. The highest BCUT2D eigenvalue weighted by atomic mass is 32.2. The number of halogens is 6. The molecule has 1 aromatic carbocycles. The molecule has 0 aliphatic carbocycles. The van der Waals surface area contributed by atoms with Gasteiger partial charge in [-0.2, -0.15) is 36.9 Å². The smallest absolute Gasteiger partial charge is 0.475 e. The number of rotatable bonds is 5. The molecule has 18 heteroatoms. The number of nitrogens with zero attached hydrogens (tertiary/aromatic N) is 5. The maximum Gasteiger partial charge on any atom is 0.490 e. The van der Waals surface area contributed by atoms with Gasteiger partial charge in [-0.15, -0.1) is 11.8 Å². The van der Waals surface area contributed by atoms with Crippen LogP contribution in [-0.4, -0.2) is 98.5 Å². The molecule has 226 valence electrons. The van der Waals surface area contributed by atoms with E-state index in [-0.39, 0.29) is 12.1 Å². The Morgan fingerprint density at radius 2 is 1.54 bits per heavy atom. The summed E-state index contributed by atoms with van der Waals surface area (Å²) in [7, 11) is 0.